The van der Waals surface area contributed by atoms with Crippen LogP contribution in [0.5, 0.6) is 5.75 Å². The molecule has 2 N–H and O–H groups in total. The van der Waals surface area contributed by atoms with Gasteiger partial charge in [-0.15, -0.1) is 0 Å². The first-order chi connectivity index (χ1) is 23.8. The second-order valence-electron chi connectivity index (χ2n) is 13.9. The number of urea groups is 1. The van der Waals surface area contributed by atoms with Crippen molar-refractivity contribution in [1.82, 2.24) is 34.7 Å². The number of nitrogens with zero attached hydrogens (tertiary/aromatic N) is 6. The number of ether oxygens (including phenoxy) is 2. The summed E-state index contributed by atoms with van der Waals surface area (Å²) in [6.07, 6.45) is 4.48. The molecule has 3 saturated heterocycles. The van der Waals surface area contributed by atoms with Gasteiger partial charge in [-0.1, -0.05) is 6.07 Å². The average molecular weight is 673 g/mol. The summed E-state index contributed by atoms with van der Waals surface area (Å²) in [5.74, 6) is 0.631. The zero-order valence-electron chi connectivity index (χ0n) is 28.6. The summed E-state index contributed by atoms with van der Waals surface area (Å²) in [4.78, 5) is 51.3. The molecule has 2 aromatic carbocycles. The molecule has 49 heavy (non-hydrogen) atoms. The lowest BCUT2D eigenvalue weighted by molar-refractivity contribution is -0.142. The van der Waals surface area contributed by atoms with E-state index in [0.29, 0.717) is 64.4 Å². The number of methoxy groups -OCH3 is 1. The molecule has 4 aliphatic heterocycles. The fourth-order valence-electron chi connectivity index (χ4n) is 7.81. The maximum absolute atomic E-state index is 14.1. The maximum Gasteiger partial charge on any atom is 0.410 e. The van der Waals surface area contributed by atoms with Crippen LogP contribution in [0.25, 0.3) is 10.9 Å². The molecule has 7 rings (SSSR count). The monoisotopic (exact) mass is 672 g/mol. The highest BCUT2D eigenvalue weighted by atomic mass is 16.6. The van der Waals surface area contributed by atoms with Gasteiger partial charge in [-0.25, -0.2) is 9.59 Å². The molecule has 4 amide bonds. The van der Waals surface area contributed by atoms with Crippen molar-refractivity contribution in [3.63, 3.8) is 0 Å². The number of carbonyl (C=O) groups is 3. The summed E-state index contributed by atoms with van der Waals surface area (Å²) in [5, 5.41) is 11.1. The smallest absolute Gasteiger partial charge is 0.410 e. The summed E-state index contributed by atoms with van der Waals surface area (Å²) >= 11 is 0. The molecule has 0 aliphatic carbocycles. The molecule has 0 spiro atoms. The Morgan fingerprint density at radius 1 is 0.898 bits per heavy atom. The molecular formula is C36H48N8O5. The van der Waals surface area contributed by atoms with Gasteiger partial charge in [0.1, 0.15) is 5.75 Å². The van der Waals surface area contributed by atoms with E-state index in [2.05, 4.69) is 32.4 Å². The number of nitrogens with one attached hydrogen (secondary N) is 2. The number of benzene rings is 2. The van der Waals surface area contributed by atoms with Crippen LogP contribution in [0.1, 0.15) is 36.8 Å². The number of likely N-dealkylation sites (N-methyl/N-ethyl adjacent to an activating group) is 1. The van der Waals surface area contributed by atoms with Gasteiger partial charge in [0.25, 0.3) is 5.91 Å². The predicted molar refractivity (Wildman–Crippen MR) is 186 cm³/mol. The lowest BCUT2D eigenvalue weighted by Gasteiger charge is -2.42. The van der Waals surface area contributed by atoms with Gasteiger partial charge in [0.05, 0.1) is 18.8 Å². The van der Waals surface area contributed by atoms with Crippen molar-refractivity contribution in [3.05, 3.63) is 53.7 Å². The van der Waals surface area contributed by atoms with Crippen molar-refractivity contribution in [1.29, 1.82) is 0 Å². The molecule has 13 heteroatoms. The molecule has 1 unspecified atom stereocenters. The van der Waals surface area contributed by atoms with Crippen molar-refractivity contribution >= 4 is 34.6 Å². The van der Waals surface area contributed by atoms with E-state index in [4.69, 9.17) is 9.47 Å². The van der Waals surface area contributed by atoms with Crippen molar-refractivity contribution in [2.45, 2.75) is 56.7 Å². The number of carbonyl (C=O) groups excluding carboxylic acids is 3. The van der Waals surface area contributed by atoms with Crippen molar-refractivity contribution < 1.29 is 23.9 Å². The number of rotatable bonds is 7. The van der Waals surface area contributed by atoms with Gasteiger partial charge in [-0.3, -0.25) is 14.8 Å². The third-order valence-electron chi connectivity index (χ3n) is 10.9. The summed E-state index contributed by atoms with van der Waals surface area (Å²) < 4.78 is 11.5. The van der Waals surface area contributed by atoms with Gasteiger partial charge in [0.2, 0.25) is 0 Å². The van der Waals surface area contributed by atoms with Crippen LogP contribution in [0, 0.1) is 0 Å². The molecule has 3 aromatic rings. The number of hydrogen-bond acceptors (Lipinski definition) is 8. The molecule has 5 heterocycles. The number of anilines is 1. The zero-order chi connectivity index (χ0) is 33.9. The van der Waals surface area contributed by atoms with E-state index in [1.165, 1.54) is 0 Å². The Hall–Kier alpha value is -4.36. The Morgan fingerprint density at radius 3 is 2.39 bits per heavy atom. The average Bonchev–Trinajstić information content (AvgIpc) is 3.53. The minimum atomic E-state index is -0.929. The van der Waals surface area contributed by atoms with Crippen molar-refractivity contribution in [2.75, 3.05) is 78.4 Å². The third-order valence-corrected chi connectivity index (χ3v) is 10.9. The molecule has 262 valence electrons. The lowest BCUT2D eigenvalue weighted by atomic mass is 10.00. The number of piperazine rings is 1. The van der Waals surface area contributed by atoms with Crippen LogP contribution < -0.4 is 10.1 Å². The second-order valence-corrected chi connectivity index (χ2v) is 13.9. The molecule has 1 aromatic heterocycles. The number of amides is 4. The number of aromatic amines is 1. The molecule has 0 saturated carbocycles. The Kier molecular flexibility index (Phi) is 9.90. The highest BCUT2D eigenvalue weighted by Crippen LogP contribution is 2.28. The zero-order valence-corrected chi connectivity index (χ0v) is 28.6. The molecule has 3 fully saturated rings. The van der Waals surface area contributed by atoms with E-state index >= 15 is 0 Å². The normalized spacial score (nSPS) is 20.9. The van der Waals surface area contributed by atoms with Crippen LogP contribution in [0.2, 0.25) is 0 Å². The summed E-state index contributed by atoms with van der Waals surface area (Å²) in [5.41, 5.74) is 3.68. The van der Waals surface area contributed by atoms with Gasteiger partial charge in [0.15, 0.2) is 6.10 Å². The number of fused-ring (bicyclic) bond motifs is 2. The summed E-state index contributed by atoms with van der Waals surface area (Å²) in [7, 11) is 3.80. The Balaban J connectivity index is 0.977. The van der Waals surface area contributed by atoms with Gasteiger partial charge >= 0.3 is 12.1 Å². The van der Waals surface area contributed by atoms with Crippen LogP contribution in [0.4, 0.5) is 15.3 Å². The molecule has 0 radical (unpaired) electrons. The van der Waals surface area contributed by atoms with E-state index < -0.39 is 12.2 Å². The van der Waals surface area contributed by atoms with Gasteiger partial charge in [0, 0.05) is 88.5 Å². The van der Waals surface area contributed by atoms with Crippen molar-refractivity contribution in [2.24, 2.45) is 0 Å². The first-order valence-electron chi connectivity index (χ1n) is 17.7. The number of hydrogen-bond donors (Lipinski definition) is 2. The number of aromatic nitrogens is 2. The standard InChI is InChI=1S/C36H48N8O5/c1-40-17-19-41(20-18-40)28-8-12-42(13-9-28)34(45)33(22-25-3-5-32-27(21-25)24-37-39-32)49-36(47)43-14-10-29(11-15-43)44-16-7-26-23-30(48-2)4-6-31(26)38-35(44)46/h3-6,21,23-24,28-29,33H,7-20,22H2,1-2H3,(H,37,39)(H,38,46). The van der Waals surface area contributed by atoms with Crippen molar-refractivity contribution in [3.8, 4) is 5.75 Å². The molecular weight excluding hydrogens is 624 g/mol. The fraction of sp³-hybridized carbons (Fsp3) is 0.556. The largest absolute Gasteiger partial charge is 0.497 e. The van der Waals surface area contributed by atoms with E-state index in [-0.39, 0.29) is 18.0 Å². The number of H-pyrrole nitrogens is 1. The van der Waals surface area contributed by atoms with Gasteiger partial charge in [-0.05, 0) is 80.6 Å². The Labute approximate surface area is 287 Å². The minimum absolute atomic E-state index is 0.000901. The Bertz CT molecular complexity index is 1640. The van der Waals surface area contributed by atoms with Crippen LogP contribution in [0.15, 0.2) is 42.6 Å². The van der Waals surface area contributed by atoms with Crippen LogP contribution in [-0.4, -0.2) is 144 Å². The highest BCUT2D eigenvalue weighted by Gasteiger charge is 2.36. The molecule has 1 atom stereocenters. The SMILES string of the molecule is COc1ccc2c(c1)CCN(C1CCN(C(=O)OC(Cc3ccc4[nH]ncc4c3)C(=O)N3CCC(N4CCN(C)CC4)CC3)CC1)C(=O)N2. The van der Waals surface area contributed by atoms with Crippen LogP contribution >= 0.6 is 0 Å². The first kappa shape index (κ1) is 33.2. The van der Waals surface area contributed by atoms with E-state index in [1.807, 2.05) is 46.2 Å². The fourth-order valence-corrected chi connectivity index (χ4v) is 7.81. The van der Waals surface area contributed by atoms with E-state index in [9.17, 15) is 14.4 Å². The topological polar surface area (TPSA) is 127 Å². The second kappa shape index (κ2) is 14.6. The minimum Gasteiger partial charge on any atom is -0.497 e. The molecule has 0 bridgehead atoms. The quantitative estimate of drug-likeness (QED) is 0.391. The lowest BCUT2D eigenvalue weighted by Crippen LogP contribution is -2.54. The first-order valence-corrected chi connectivity index (χ1v) is 17.7. The van der Waals surface area contributed by atoms with E-state index in [1.54, 1.807) is 18.2 Å². The number of piperidine rings is 2. The van der Waals surface area contributed by atoms with Crippen LogP contribution in [0.3, 0.4) is 0 Å². The third kappa shape index (κ3) is 7.47. The maximum atomic E-state index is 14.1. The summed E-state index contributed by atoms with van der Waals surface area (Å²) in [6.45, 7) is 7.08. The summed E-state index contributed by atoms with van der Waals surface area (Å²) in [6, 6.07) is 12.0. The Morgan fingerprint density at radius 2 is 1.63 bits per heavy atom. The highest BCUT2D eigenvalue weighted by molar-refractivity contribution is 5.91. The van der Waals surface area contributed by atoms with Gasteiger partial charge in [-0.2, -0.15) is 5.10 Å². The number of likely N-dealkylation sites (tertiary alicyclic amines) is 2. The van der Waals surface area contributed by atoms with Crippen LogP contribution in [-0.2, 0) is 22.4 Å². The predicted octanol–water partition coefficient (Wildman–Crippen LogP) is 3.41. The van der Waals surface area contributed by atoms with E-state index in [0.717, 1.165) is 72.5 Å². The molecule has 4 aliphatic rings. The van der Waals surface area contributed by atoms with Gasteiger partial charge < -0.3 is 34.4 Å². The molecule has 13 nitrogen and oxygen atoms in total.